The van der Waals surface area contributed by atoms with Gasteiger partial charge in [-0.3, -0.25) is 4.98 Å². The zero-order valence-electron chi connectivity index (χ0n) is 24.0. The first-order valence-corrected chi connectivity index (χ1v) is 15.1. The molecule has 0 radical (unpaired) electrons. The van der Waals surface area contributed by atoms with Crippen molar-refractivity contribution in [3.8, 4) is 5.75 Å². The van der Waals surface area contributed by atoms with Gasteiger partial charge in [0.1, 0.15) is 12.4 Å². The van der Waals surface area contributed by atoms with Gasteiger partial charge in [-0.15, -0.1) is 0 Å². The van der Waals surface area contributed by atoms with Gasteiger partial charge in [0, 0.05) is 18.3 Å². The Morgan fingerprint density at radius 1 is 0.875 bits per heavy atom. The van der Waals surface area contributed by atoms with Gasteiger partial charge < -0.3 is 4.74 Å². The van der Waals surface area contributed by atoms with Crippen LogP contribution in [0.4, 0.5) is 0 Å². The summed E-state index contributed by atoms with van der Waals surface area (Å²) < 4.78 is 34.8. The first kappa shape index (κ1) is 27.7. The SMILES string of the molecule is Cc1ccc(S(=O)(=O)n2cc(C(C)C)c3nc(Cc4c(C)cc(OCc5ccccc5)c(C)c4C)ccc32)cc1. The van der Waals surface area contributed by atoms with Crippen molar-refractivity contribution < 1.29 is 13.2 Å². The lowest BCUT2D eigenvalue weighted by Gasteiger charge is -2.17. The molecule has 40 heavy (non-hydrogen) atoms. The largest absolute Gasteiger partial charge is 0.489 e. The van der Waals surface area contributed by atoms with Crippen LogP contribution in [0.15, 0.2) is 83.9 Å². The Balaban J connectivity index is 1.49. The Kier molecular flexibility index (Phi) is 7.56. The maximum absolute atomic E-state index is 13.6. The van der Waals surface area contributed by atoms with E-state index in [0.29, 0.717) is 18.5 Å². The van der Waals surface area contributed by atoms with E-state index in [0.717, 1.165) is 44.8 Å². The van der Waals surface area contributed by atoms with E-state index in [1.165, 1.54) is 15.1 Å². The van der Waals surface area contributed by atoms with E-state index in [1.54, 1.807) is 18.3 Å². The summed E-state index contributed by atoms with van der Waals surface area (Å²) in [5, 5.41) is 0. The number of nitrogens with zero attached hydrogens (tertiary/aromatic N) is 2. The number of hydrogen-bond acceptors (Lipinski definition) is 4. The molecule has 2 aromatic heterocycles. The standard InChI is InChI=1S/C34H36N2O3S/c1-22(2)31-20-36(40(37,38)29-15-12-23(3)13-16-29)32-17-14-28(35-34(31)32)19-30-24(4)18-33(26(6)25(30)5)39-21-27-10-8-7-9-11-27/h7-18,20,22H,19,21H2,1-6H3. The minimum Gasteiger partial charge on any atom is -0.489 e. The number of hydrogen-bond donors (Lipinski definition) is 0. The monoisotopic (exact) mass is 552 g/mol. The highest BCUT2D eigenvalue weighted by Crippen LogP contribution is 2.32. The summed E-state index contributed by atoms with van der Waals surface area (Å²) in [6.45, 7) is 13.0. The van der Waals surface area contributed by atoms with Crippen LogP contribution in [0.5, 0.6) is 5.75 Å². The Labute approximate surface area is 237 Å². The van der Waals surface area contributed by atoms with Gasteiger partial charge in [-0.2, -0.15) is 0 Å². The zero-order chi connectivity index (χ0) is 28.6. The van der Waals surface area contributed by atoms with Crippen LogP contribution < -0.4 is 4.74 Å². The molecule has 0 amide bonds. The summed E-state index contributed by atoms with van der Waals surface area (Å²) in [6, 6.07) is 23.1. The van der Waals surface area contributed by atoms with E-state index in [-0.39, 0.29) is 10.8 Å². The number of ether oxygens (including phenoxy) is 1. The third-order valence-corrected chi connectivity index (χ3v) is 9.39. The molecule has 0 aliphatic rings. The van der Waals surface area contributed by atoms with Crippen molar-refractivity contribution in [2.45, 2.75) is 65.4 Å². The predicted octanol–water partition coefficient (Wildman–Crippen LogP) is 7.80. The number of aryl methyl sites for hydroxylation is 2. The van der Waals surface area contributed by atoms with Crippen LogP contribution in [0.2, 0.25) is 0 Å². The van der Waals surface area contributed by atoms with Crippen LogP contribution >= 0.6 is 0 Å². The molecule has 0 bridgehead atoms. The fourth-order valence-electron chi connectivity index (χ4n) is 5.12. The first-order valence-electron chi connectivity index (χ1n) is 13.7. The zero-order valence-corrected chi connectivity index (χ0v) is 24.8. The van der Waals surface area contributed by atoms with E-state index >= 15 is 0 Å². The maximum Gasteiger partial charge on any atom is 0.268 e. The minimum absolute atomic E-state index is 0.117. The maximum atomic E-state index is 13.6. The molecule has 0 spiro atoms. The average molecular weight is 553 g/mol. The molecule has 0 aliphatic heterocycles. The van der Waals surface area contributed by atoms with Gasteiger partial charge in [-0.05, 0) is 97.3 Å². The Morgan fingerprint density at radius 3 is 2.25 bits per heavy atom. The fraction of sp³-hybridized carbons (Fsp3) is 0.265. The van der Waals surface area contributed by atoms with Crippen molar-refractivity contribution in [1.29, 1.82) is 0 Å². The Hall–Kier alpha value is -3.90. The molecule has 0 saturated carbocycles. The third-order valence-electron chi connectivity index (χ3n) is 7.70. The second-order valence-corrected chi connectivity index (χ2v) is 12.7. The molecule has 5 aromatic rings. The normalized spacial score (nSPS) is 11.9. The number of benzene rings is 3. The predicted molar refractivity (Wildman–Crippen MR) is 162 cm³/mol. The van der Waals surface area contributed by atoms with Crippen molar-refractivity contribution in [3.63, 3.8) is 0 Å². The highest BCUT2D eigenvalue weighted by molar-refractivity contribution is 7.90. The molecule has 5 nitrogen and oxygen atoms in total. The van der Waals surface area contributed by atoms with Gasteiger partial charge in [-0.25, -0.2) is 12.4 Å². The van der Waals surface area contributed by atoms with Crippen LogP contribution in [0.25, 0.3) is 11.0 Å². The van der Waals surface area contributed by atoms with Crippen molar-refractivity contribution in [2.24, 2.45) is 0 Å². The van der Waals surface area contributed by atoms with Crippen molar-refractivity contribution in [2.75, 3.05) is 0 Å². The number of rotatable bonds is 8. The number of pyridine rings is 1. The van der Waals surface area contributed by atoms with Gasteiger partial charge in [0.15, 0.2) is 0 Å². The molecule has 5 rings (SSSR count). The smallest absolute Gasteiger partial charge is 0.268 e. The lowest BCUT2D eigenvalue weighted by Crippen LogP contribution is -2.12. The van der Waals surface area contributed by atoms with E-state index in [2.05, 4.69) is 52.8 Å². The summed E-state index contributed by atoms with van der Waals surface area (Å²) >= 11 is 0. The summed E-state index contributed by atoms with van der Waals surface area (Å²) in [6.07, 6.45) is 2.39. The van der Waals surface area contributed by atoms with Crippen LogP contribution in [-0.2, 0) is 23.1 Å². The lowest BCUT2D eigenvalue weighted by atomic mass is 9.94. The summed E-state index contributed by atoms with van der Waals surface area (Å²) in [4.78, 5) is 5.30. The quantitative estimate of drug-likeness (QED) is 0.197. The van der Waals surface area contributed by atoms with Crippen LogP contribution in [0, 0.1) is 27.7 Å². The molecule has 0 saturated heterocycles. The molecule has 3 aromatic carbocycles. The molecular weight excluding hydrogens is 516 g/mol. The minimum atomic E-state index is -3.75. The van der Waals surface area contributed by atoms with Crippen LogP contribution in [0.3, 0.4) is 0 Å². The third kappa shape index (κ3) is 5.28. The lowest BCUT2D eigenvalue weighted by molar-refractivity contribution is 0.303. The van der Waals surface area contributed by atoms with Gasteiger partial charge in [-0.1, -0.05) is 61.9 Å². The van der Waals surface area contributed by atoms with Crippen LogP contribution in [0.1, 0.15) is 64.4 Å². The van der Waals surface area contributed by atoms with Crippen molar-refractivity contribution in [1.82, 2.24) is 8.96 Å². The van der Waals surface area contributed by atoms with Crippen LogP contribution in [-0.4, -0.2) is 17.4 Å². The molecule has 0 fully saturated rings. The van der Waals surface area contributed by atoms with E-state index in [1.807, 2.05) is 49.4 Å². The molecular formula is C34H36N2O3S. The van der Waals surface area contributed by atoms with E-state index < -0.39 is 10.0 Å². The van der Waals surface area contributed by atoms with Crippen molar-refractivity contribution >= 4 is 21.1 Å². The average Bonchev–Trinajstić information content (AvgIpc) is 3.33. The molecule has 0 aliphatic carbocycles. The van der Waals surface area contributed by atoms with Gasteiger partial charge in [0.2, 0.25) is 0 Å². The molecule has 2 heterocycles. The second kappa shape index (κ2) is 10.9. The highest BCUT2D eigenvalue weighted by Gasteiger charge is 2.23. The van der Waals surface area contributed by atoms with Crippen molar-refractivity contribution in [3.05, 3.63) is 124 Å². The van der Waals surface area contributed by atoms with E-state index in [9.17, 15) is 8.42 Å². The molecule has 0 atom stereocenters. The molecule has 206 valence electrons. The summed E-state index contributed by atoms with van der Waals surface area (Å²) in [5.41, 5.74) is 9.99. The number of aromatic nitrogens is 2. The summed E-state index contributed by atoms with van der Waals surface area (Å²) in [5.74, 6) is 1.01. The molecule has 0 unspecified atom stereocenters. The Morgan fingerprint density at radius 2 is 1.57 bits per heavy atom. The van der Waals surface area contributed by atoms with Gasteiger partial charge >= 0.3 is 0 Å². The Bertz CT molecular complexity index is 1790. The van der Waals surface area contributed by atoms with Gasteiger partial charge in [0.25, 0.3) is 10.0 Å². The highest BCUT2D eigenvalue weighted by atomic mass is 32.2. The molecule has 6 heteroatoms. The fourth-order valence-corrected chi connectivity index (χ4v) is 6.49. The number of fused-ring (bicyclic) bond motifs is 1. The molecule has 0 N–H and O–H groups in total. The van der Waals surface area contributed by atoms with Gasteiger partial charge in [0.05, 0.1) is 15.9 Å². The van der Waals surface area contributed by atoms with E-state index in [4.69, 9.17) is 9.72 Å². The topological polar surface area (TPSA) is 61.2 Å². The first-order chi connectivity index (χ1) is 19.1. The summed E-state index contributed by atoms with van der Waals surface area (Å²) in [7, 11) is -3.75. The second-order valence-electron chi connectivity index (χ2n) is 10.9.